The first-order valence-electron chi connectivity index (χ1n) is 10.4. The van der Waals surface area contributed by atoms with Gasteiger partial charge < -0.3 is 19.5 Å². The van der Waals surface area contributed by atoms with E-state index in [0.717, 1.165) is 24.2 Å². The molecule has 2 aliphatic rings. The van der Waals surface area contributed by atoms with E-state index in [1.54, 1.807) is 12.1 Å². The van der Waals surface area contributed by atoms with Crippen LogP contribution in [0.1, 0.15) is 54.1 Å². The number of carbonyl (C=O) groups excluding carboxylic acids is 1. The molecule has 154 valence electrons. The topological polar surface area (TPSA) is 59.0 Å². The molecule has 5 nitrogen and oxygen atoms in total. The summed E-state index contributed by atoms with van der Waals surface area (Å²) in [4.78, 5) is 14.7. The molecule has 0 unspecified atom stereocenters. The molecule has 0 radical (unpaired) electrons. The lowest BCUT2D eigenvalue weighted by molar-refractivity contribution is -0.184. The molecule has 29 heavy (non-hydrogen) atoms. The maximum absolute atomic E-state index is 12.8. The molecule has 0 aromatic heterocycles. The molecule has 2 aliphatic heterocycles. The molecule has 2 saturated heterocycles. The number of hydrogen-bond acceptors (Lipinski definition) is 4. The normalized spacial score (nSPS) is 19.1. The van der Waals surface area contributed by atoms with Crippen LogP contribution in [-0.2, 0) is 10.3 Å². The lowest BCUT2D eigenvalue weighted by atomic mass is 9.91. The number of nitrogens with zero attached hydrogens (tertiary/aromatic N) is 1. The van der Waals surface area contributed by atoms with Crippen LogP contribution in [0.3, 0.4) is 0 Å². The van der Waals surface area contributed by atoms with Crippen molar-refractivity contribution in [3.05, 3.63) is 65.2 Å². The van der Waals surface area contributed by atoms with Crippen molar-refractivity contribution in [3.63, 3.8) is 0 Å². The van der Waals surface area contributed by atoms with Crippen LogP contribution < -0.4 is 4.74 Å². The molecule has 5 heteroatoms. The largest absolute Gasteiger partial charge is 0.490 e. The lowest BCUT2D eigenvalue weighted by Gasteiger charge is -2.37. The summed E-state index contributed by atoms with van der Waals surface area (Å²) in [5.41, 5.74) is 1.86. The molecule has 2 heterocycles. The number of piperidine rings is 1. The molecule has 4 rings (SSSR count). The molecule has 0 atom stereocenters. The van der Waals surface area contributed by atoms with Gasteiger partial charge in [0.1, 0.15) is 17.5 Å². The van der Waals surface area contributed by atoms with Gasteiger partial charge >= 0.3 is 0 Å². The summed E-state index contributed by atoms with van der Waals surface area (Å²) in [6.07, 6.45) is 1.79. The van der Waals surface area contributed by atoms with Crippen molar-refractivity contribution in [2.24, 2.45) is 0 Å². The fourth-order valence-electron chi connectivity index (χ4n) is 3.87. The minimum atomic E-state index is -0.898. The van der Waals surface area contributed by atoms with Gasteiger partial charge in [-0.2, -0.15) is 0 Å². The maximum Gasteiger partial charge on any atom is 0.253 e. The standard InChI is InChI=1S/C24H29NO4/c1-17(2)18-5-9-21(10-6-18)29-22-11-13-25(14-12-22)23(26)19-3-7-20(8-4-19)24(27)15-28-16-24/h3-10,17,22,27H,11-16H2,1-2H3. The smallest absolute Gasteiger partial charge is 0.253 e. The Labute approximate surface area is 172 Å². The average Bonchev–Trinajstić information content (AvgIpc) is 2.72. The Morgan fingerprint density at radius 2 is 1.69 bits per heavy atom. The number of hydrogen-bond donors (Lipinski definition) is 1. The second-order valence-corrected chi connectivity index (χ2v) is 8.43. The number of ether oxygens (including phenoxy) is 2. The van der Waals surface area contributed by atoms with Crippen molar-refractivity contribution in [1.29, 1.82) is 0 Å². The molecule has 0 aliphatic carbocycles. The van der Waals surface area contributed by atoms with Gasteiger partial charge in [-0.3, -0.25) is 4.79 Å². The van der Waals surface area contributed by atoms with Crippen molar-refractivity contribution in [1.82, 2.24) is 4.90 Å². The van der Waals surface area contributed by atoms with Gasteiger partial charge in [-0.25, -0.2) is 0 Å². The van der Waals surface area contributed by atoms with E-state index in [4.69, 9.17) is 9.47 Å². The zero-order chi connectivity index (χ0) is 20.4. The first-order valence-corrected chi connectivity index (χ1v) is 10.4. The van der Waals surface area contributed by atoms with E-state index < -0.39 is 5.60 Å². The van der Waals surface area contributed by atoms with Gasteiger partial charge in [-0.15, -0.1) is 0 Å². The van der Waals surface area contributed by atoms with Crippen LogP contribution in [0.15, 0.2) is 48.5 Å². The summed E-state index contributed by atoms with van der Waals surface area (Å²) in [5.74, 6) is 1.44. The van der Waals surface area contributed by atoms with E-state index in [1.165, 1.54) is 5.56 Å². The molecule has 2 fully saturated rings. The lowest BCUT2D eigenvalue weighted by Crippen LogP contribution is -2.46. The van der Waals surface area contributed by atoms with Crippen LogP contribution in [0.25, 0.3) is 0 Å². The highest BCUT2D eigenvalue weighted by molar-refractivity contribution is 5.94. The molecular weight excluding hydrogens is 366 g/mol. The summed E-state index contributed by atoms with van der Waals surface area (Å²) in [7, 11) is 0. The third-order valence-corrected chi connectivity index (χ3v) is 5.93. The number of likely N-dealkylation sites (tertiary alicyclic amines) is 1. The molecule has 2 aromatic rings. The van der Waals surface area contributed by atoms with Crippen molar-refractivity contribution < 1.29 is 19.4 Å². The second kappa shape index (κ2) is 8.17. The van der Waals surface area contributed by atoms with Crippen molar-refractivity contribution >= 4 is 5.91 Å². The van der Waals surface area contributed by atoms with Crippen LogP contribution in [-0.4, -0.2) is 48.3 Å². The summed E-state index contributed by atoms with van der Waals surface area (Å²) < 4.78 is 11.2. The first kappa shape index (κ1) is 19.9. The molecule has 0 saturated carbocycles. The fourth-order valence-corrected chi connectivity index (χ4v) is 3.87. The summed E-state index contributed by atoms with van der Waals surface area (Å²) in [5, 5.41) is 10.3. The Kier molecular flexibility index (Phi) is 5.61. The monoisotopic (exact) mass is 395 g/mol. The van der Waals surface area contributed by atoms with Gasteiger partial charge in [0, 0.05) is 31.5 Å². The van der Waals surface area contributed by atoms with Gasteiger partial charge in [-0.1, -0.05) is 38.1 Å². The minimum absolute atomic E-state index is 0.0353. The molecular formula is C24H29NO4. The third-order valence-electron chi connectivity index (χ3n) is 5.93. The van der Waals surface area contributed by atoms with E-state index in [1.807, 2.05) is 29.2 Å². The van der Waals surface area contributed by atoms with Crippen LogP contribution in [0.2, 0.25) is 0 Å². The second-order valence-electron chi connectivity index (χ2n) is 8.43. The molecule has 2 aromatic carbocycles. The minimum Gasteiger partial charge on any atom is -0.490 e. The number of benzene rings is 2. The molecule has 0 spiro atoms. The number of aliphatic hydroxyl groups is 1. The predicted octanol–water partition coefficient (Wildman–Crippen LogP) is 3.71. The van der Waals surface area contributed by atoms with Crippen LogP contribution in [0, 0.1) is 0 Å². The van der Waals surface area contributed by atoms with Gasteiger partial charge in [0.15, 0.2) is 0 Å². The Hall–Kier alpha value is -2.37. The number of rotatable bonds is 5. The van der Waals surface area contributed by atoms with E-state index >= 15 is 0 Å². The maximum atomic E-state index is 12.8. The summed E-state index contributed by atoms with van der Waals surface area (Å²) in [6.45, 7) is 6.36. The Balaban J connectivity index is 1.30. The van der Waals surface area contributed by atoms with Crippen LogP contribution in [0.4, 0.5) is 0 Å². The van der Waals surface area contributed by atoms with Crippen molar-refractivity contribution in [2.45, 2.75) is 44.3 Å². The fraction of sp³-hybridized carbons (Fsp3) is 0.458. The number of amides is 1. The Morgan fingerprint density at radius 1 is 1.07 bits per heavy atom. The van der Waals surface area contributed by atoms with Gasteiger partial charge in [0.2, 0.25) is 0 Å². The Morgan fingerprint density at radius 3 is 2.21 bits per heavy atom. The molecule has 1 N–H and O–H groups in total. The highest BCUT2D eigenvalue weighted by Gasteiger charge is 2.38. The first-order chi connectivity index (χ1) is 13.9. The quantitative estimate of drug-likeness (QED) is 0.838. The zero-order valence-corrected chi connectivity index (χ0v) is 17.1. The highest BCUT2D eigenvalue weighted by atomic mass is 16.5. The number of carbonyl (C=O) groups is 1. The van der Waals surface area contributed by atoms with Gasteiger partial charge in [0.05, 0.1) is 13.2 Å². The van der Waals surface area contributed by atoms with Crippen molar-refractivity contribution in [3.8, 4) is 5.75 Å². The highest BCUT2D eigenvalue weighted by Crippen LogP contribution is 2.29. The van der Waals surface area contributed by atoms with Crippen molar-refractivity contribution in [2.75, 3.05) is 26.3 Å². The van der Waals surface area contributed by atoms with E-state index in [9.17, 15) is 9.90 Å². The average molecular weight is 395 g/mol. The van der Waals surface area contributed by atoms with E-state index in [0.29, 0.717) is 37.8 Å². The van der Waals surface area contributed by atoms with Crippen LogP contribution in [0.5, 0.6) is 5.75 Å². The molecule has 1 amide bonds. The SMILES string of the molecule is CC(C)c1ccc(OC2CCN(C(=O)c3ccc(C4(O)COC4)cc3)CC2)cc1. The third kappa shape index (κ3) is 4.31. The van der Waals surface area contributed by atoms with E-state index in [-0.39, 0.29) is 12.0 Å². The van der Waals surface area contributed by atoms with Gasteiger partial charge in [0.25, 0.3) is 5.91 Å². The molecule has 0 bridgehead atoms. The van der Waals surface area contributed by atoms with Gasteiger partial charge in [-0.05, 0) is 41.3 Å². The van der Waals surface area contributed by atoms with Crippen LogP contribution >= 0.6 is 0 Å². The van der Waals surface area contributed by atoms with E-state index in [2.05, 4.69) is 26.0 Å². The summed E-state index contributed by atoms with van der Waals surface area (Å²) >= 11 is 0. The zero-order valence-electron chi connectivity index (χ0n) is 17.1. The predicted molar refractivity (Wildman–Crippen MR) is 111 cm³/mol. The summed E-state index contributed by atoms with van der Waals surface area (Å²) in [6, 6.07) is 15.6. The Bertz CT molecular complexity index is 832.